The molecule has 1 saturated heterocycles. The zero-order valence-corrected chi connectivity index (χ0v) is 14.3. The van der Waals surface area contributed by atoms with E-state index in [4.69, 9.17) is 16.3 Å². The second kappa shape index (κ2) is 8.02. The maximum absolute atomic E-state index is 12.3. The van der Waals surface area contributed by atoms with Crippen molar-refractivity contribution in [3.63, 3.8) is 0 Å². The molecular weight excluding hydrogens is 312 g/mol. The molecule has 0 N–H and O–H groups in total. The van der Waals surface area contributed by atoms with Crippen molar-refractivity contribution in [1.82, 2.24) is 9.80 Å². The van der Waals surface area contributed by atoms with Crippen LogP contribution in [0.1, 0.15) is 32.1 Å². The zero-order valence-electron chi connectivity index (χ0n) is 13.5. The van der Waals surface area contributed by atoms with Crippen LogP contribution in [0.3, 0.4) is 0 Å². The van der Waals surface area contributed by atoms with E-state index in [9.17, 15) is 4.79 Å². The largest absolute Gasteiger partial charge is 0.482 e. The van der Waals surface area contributed by atoms with Crippen molar-refractivity contribution < 1.29 is 9.53 Å². The summed E-state index contributed by atoms with van der Waals surface area (Å²) in [4.78, 5) is 16.8. The second-order valence-corrected chi connectivity index (χ2v) is 6.83. The topological polar surface area (TPSA) is 32.8 Å². The molecule has 0 spiro atoms. The predicted octanol–water partition coefficient (Wildman–Crippen LogP) is 3.20. The van der Waals surface area contributed by atoms with Crippen molar-refractivity contribution in [2.45, 2.75) is 38.1 Å². The Hall–Kier alpha value is -1.26. The number of hydrogen-bond donors (Lipinski definition) is 0. The molecule has 1 aromatic rings. The molecule has 2 aliphatic rings. The number of rotatable bonds is 4. The summed E-state index contributed by atoms with van der Waals surface area (Å²) in [6.45, 7) is 3.65. The fourth-order valence-electron chi connectivity index (χ4n) is 3.58. The summed E-state index contributed by atoms with van der Waals surface area (Å²) >= 11 is 6.04. The van der Waals surface area contributed by atoms with Crippen LogP contribution < -0.4 is 4.74 Å². The number of nitrogens with zero attached hydrogens (tertiary/aromatic N) is 2. The lowest BCUT2D eigenvalue weighted by atomic mass is 9.94. The summed E-state index contributed by atoms with van der Waals surface area (Å²) in [5.74, 6) is 0.622. The SMILES string of the molecule is O=C(COc1ccccc1Cl)N1CCN(C2CCCCC2)CC1. The third-order valence-electron chi connectivity index (χ3n) is 4.95. The van der Waals surface area contributed by atoms with Crippen LogP contribution in [0.15, 0.2) is 24.3 Å². The lowest BCUT2D eigenvalue weighted by molar-refractivity contribution is -0.135. The number of halogens is 1. The van der Waals surface area contributed by atoms with Crippen LogP contribution in [0.25, 0.3) is 0 Å². The van der Waals surface area contributed by atoms with Gasteiger partial charge in [0.1, 0.15) is 5.75 Å². The molecule has 1 amide bonds. The third kappa shape index (κ3) is 4.39. The summed E-state index contributed by atoms with van der Waals surface area (Å²) in [6, 6.07) is 8.00. The van der Waals surface area contributed by atoms with Crippen LogP contribution in [-0.2, 0) is 4.79 Å². The number of amides is 1. The predicted molar refractivity (Wildman–Crippen MR) is 92.0 cm³/mol. The summed E-state index contributed by atoms with van der Waals surface area (Å²) in [6.07, 6.45) is 6.74. The van der Waals surface area contributed by atoms with Crippen molar-refractivity contribution in [2.24, 2.45) is 0 Å². The van der Waals surface area contributed by atoms with E-state index in [0.717, 1.165) is 32.2 Å². The molecule has 4 nitrogen and oxygen atoms in total. The minimum atomic E-state index is 0.0493. The van der Waals surface area contributed by atoms with Crippen LogP contribution in [0.2, 0.25) is 5.02 Å². The van der Waals surface area contributed by atoms with E-state index in [1.165, 1.54) is 32.1 Å². The molecular formula is C18H25ClN2O2. The lowest BCUT2D eigenvalue weighted by Gasteiger charge is -2.40. The fourth-order valence-corrected chi connectivity index (χ4v) is 3.77. The Morgan fingerprint density at radius 3 is 2.48 bits per heavy atom. The quantitative estimate of drug-likeness (QED) is 0.846. The zero-order chi connectivity index (χ0) is 16.1. The van der Waals surface area contributed by atoms with Gasteiger partial charge in [0.05, 0.1) is 5.02 Å². The highest BCUT2D eigenvalue weighted by molar-refractivity contribution is 6.32. The second-order valence-electron chi connectivity index (χ2n) is 6.43. The van der Waals surface area contributed by atoms with Gasteiger partial charge in [-0.15, -0.1) is 0 Å². The molecule has 0 unspecified atom stereocenters. The Kier molecular flexibility index (Phi) is 5.79. The minimum Gasteiger partial charge on any atom is -0.482 e. The van der Waals surface area contributed by atoms with Crippen molar-refractivity contribution in [3.8, 4) is 5.75 Å². The molecule has 1 aromatic carbocycles. The molecule has 3 rings (SSSR count). The van der Waals surface area contributed by atoms with Crippen molar-refractivity contribution in [2.75, 3.05) is 32.8 Å². The van der Waals surface area contributed by atoms with Crippen molar-refractivity contribution >= 4 is 17.5 Å². The van der Waals surface area contributed by atoms with E-state index in [-0.39, 0.29) is 12.5 Å². The Balaban J connectivity index is 1.44. The average Bonchev–Trinajstić information content (AvgIpc) is 2.62. The Morgan fingerprint density at radius 1 is 1.09 bits per heavy atom. The van der Waals surface area contributed by atoms with E-state index in [1.54, 1.807) is 12.1 Å². The molecule has 0 atom stereocenters. The van der Waals surface area contributed by atoms with Crippen molar-refractivity contribution in [3.05, 3.63) is 29.3 Å². The number of ether oxygens (including phenoxy) is 1. The highest BCUT2D eigenvalue weighted by Gasteiger charge is 2.27. The number of carbonyl (C=O) groups excluding carboxylic acids is 1. The van der Waals surface area contributed by atoms with Gasteiger partial charge < -0.3 is 9.64 Å². The van der Waals surface area contributed by atoms with E-state index in [0.29, 0.717) is 10.8 Å². The highest BCUT2D eigenvalue weighted by atomic mass is 35.5. The van der Waals surface area contributed by atoms with E-state index in [1.807, 2.05) is 17.0 Å². The highest BCUT2D eigenvalue weighted by Crippen LogP contribution is 2.24. The van der Waals surface area contributed by atoms with Gasteiger partial charge in [0.2, 0.25) is 0 Å². The first-order chi connectivity index (χ1) is 11.2. The number of piperazine rings is 1. The van der Waals surface area contributed by atoms with Crippen LogP contribution in [0.4, 0.5) is 0 Å². The van der Waals surface area contributed by atoms with Crippen LogP contribution >= 0.6 is 11.6 Å². The standard InChI is InChI=1S/C18H25ClN2O2/c19-16-8-4-5-9-17(16)23-14-18(22)21-12-10-20(11-13-21)15-6-2-1-3-7-15/h4-5,8-9,15H,1-3,6-7,10-14H2. The molecule has 1 saturated carbocycles. The van der Waals surface area contributed by atoms with Gasteiger partial charge in [-0.1, -0.05) is 43.0 Å². The third-order valence-corrected chi connectivity index (χ3v) is 5.26. The van der Waals surface area contributed by atoms with Crippen molar-refractivity contribution in [1.29, 1.82) is 0 Å². The molecule has 1 heterocycles. The minimum absolute atomic E-state index is 0.0493. The molecule has 1 aliphatic carbocycles. The molecule has 2 fully saturated rings. The molecule has 0 bridgehead atoms. The number of carbonyl (C=O) groups is 1. The van der Waals surface area contributed by atoms with Gasteiger partial charge in [0.15, 0.2) is 6.61 Å². The Bertz CT molecular complexity index is 524. The maximum Gasteiger partial charge on any atom is 0.260 e. The molecule has 126 valence electrons. The van der Waals surface area contributed by atoms with Gasteiger partial charge in [-0.3, -0.25) is 9.69 Å². The molecule has 23 heavy (non-hydrogen) atoms. The number of hydrogen-bond acceptors (Lipinski definition) is 3. The lowest BCUT2D eigenvalue weighted by Crippen LogP contribution is -2.53. The van der Waals surface area contributed by atoms with Crippen LogP contribution in [0.5, 0.6) is 5.75 Å². The van der Waals surface area contributed by atoms with Gasteiger partial charge in [-0.25, -0.2) is 0 Å². The van der Waals surface area contributed by atoms with Gasteiger partial charge in [0.25, 0.3) is 5.91 Å². The van der Waals surface area contributed by atoms with Gasteiger partial charge >= 0.3 is 0 Å². The van der Waals surface area contributed by atoms with E-state index >= 15 is 0 Å². The first-order valence-electron chi connectivity index (χ1n) is 8.63. The van der Waals surface area contributed by atoms with E-state index in [2.05, 4.69) is 4.90 Å². The smallest absolute Gasteiger partial charge is 0.260 e. The number of para-hydroxylation sites is 1. The Morgan fingerprint density at radius 2 is 1.78 bits per heavy atom. The fraction of sp³-hybridized carbons (Fsp3) is 0.611. The summed E-state index contributed by atoms with van der Waals surface area (Å²) in [7, 11) is 0. The van der Waals surface area contributed by atoms with Crippen LogP contribution in [-0.4, -0.2) is 54.5 Å². The van der Waals surface area contributed by atoms with E-state index < -0.39 is 0 Å². The first kappa shape index (κ1) is 16.6. The first-order valence-corrected chi connectivity index (χ1v) is 9.01. The molecule has 1 aliphatic heterocycles. The monoisotopic (exact) mass is 336 g/mol. The molecule has 0 aromatic heterocycles. The molecule has 0 radical (unpaired) electrons. The summed E-state index contributed by atoms with van der Waals surface area (Å²) in [5.41, 5.74) is 0. The normalized spacial score (nSPS) is 20.5. The van der Waals surface area contributed by atoms with Gasteiger partial charge in [0, 0.05) is 32.2 Å². The Labute approximate surface area is 143 Å². The number of benzene rings is 1. The van der Waals surface area contributed by atoms with Crippen LogP contribution in [0, 0.1) is 0 Å². The summed E-state index contributed by atoms with van der Waals surface area (Å²) < 4.78 is 5.56. The molecule has 5 heteroatoms. The maximum atomic E-state index is 12.3. The van der Waals surface area contributed by atoms with Gasteiger partial charge in [-0.2, -0.15) is 0 Å². The average molecular weight is 337 g/mol. The summed E-state index contributed by atoms with van der Waals surface area (Å²) in [5, 5.41) is 0.544. The van der Waals surface area contributed by atoms with Gasteiger partial charge in [-0.05, 0) is 25.0 Å².